The molecule has 166 valence electrons. The zero-order valence-electron chi connectivity index (χ0n) is 17.9. The quantitative estimate of drug-likeness (QED) is 0.244. The lowest BCUT2D eigenvalue weighted by Crippen LogP contribution is -2.23. The van der Waals surface area contributed by atoms with Gasteiger partial charge in [0.1, 0.15) is 5.78 Å². The monoisotopic (exact) mass is 410 g/mol. The topological polar surface area (TPSA) is 93.1 Å². The van der Waals surface area contributed by atoms with Gasteiger partial charge in [-0.15, -0.1) is 0 Å². The molecule has 0 unspecified atom stereocenters. The minimum Gasteiger partial charge on any atom is -0.469 e. The molecule has 2 N–H and O–H groups in total. The van der Waals surface area contributed by atoms with Crippen LogP contribution in [0.25, 0.3) is 0 Å². The largest absolute Gasteiger partial charge is 0.469 e. The Balaban J connectivity index is 2.63. The first kappa shape index (κ1) is 25.5. The number of Topliss-reactive ketones (excluding diaryl/α,β-unsaturated/α-hetero) is 1. The molecule has 1 fully saturated rings. The van der Waals surface area contributed by atoms with Gasteiger partial charge in [-0.05, 0) is 25.7 Å². The van der Waals surface area contributed by atoms with Crippen molar-refractivity contribution >= 4 is 11.8 Å². The number of aliphatic hydroxyl groups is 2. The van der Waals surface area contributed by atoms with Gasteiger partial charge in [-0.25, -0.2) is 0 Å². The molecule has 0 aromatic heterocycles. The number of allylic oxidation sites excluding steroid dienone is 2. The fourth-order valence-corrected chi connectivity index (χ4v) is 3.66. The Bertz CT molecular complexity index is 527. The van der Waals surface area contributed by atoms with Gasteiger partial charge < -0.3 is 19.7 Å². The molecule has 0 aromatic carbocycles. The number of aliphatic hydroxyl groups excluding tert-OH is 2. The standard InChI is InChI=1S/C23H38O6/c1-3-4-7-10-18(25)13-14-20-19(21(26)17-22(20)29-16-15-24)11-8-5-6-9-12-23(27)28-2/h5,8,13-14,18-20,22,24-25H,3-4,6-7,9-12,15-17H2,1-2H3/b8-5-,14-13+/t18-,19+,20+,22+/m0/s1. The molecule has 1 saturated carbocycles. The first-order valence-electron chi connectivity index (χ1n) is 10.9. The van der Waals surface area contributed by atoms with E-state index < -0.39 is 6.10 Å². The number of hydrogen-bond acceptors (Lipinski definition) is 6. The van der Waals surface area contributed by atoms with Gasteiger partial charge in [-0.3, -0.25) is 9.59 Å². The van der Waals surface area contributed by atoms with Crippen LogP contribution in [0.5, 0.6) is 0 Å². The fraction of sp³-hybridized carbons (Fsp3) is 0.739. The predicted octanol–water partition coefficient (Wildman–Crippen LogP) is 3.36. The van der Waals surface area contributed by atoms with Gasteiger partial charge in [-0.2, -0.15) is 0 Å². The highest BCUT2D eigenvalue weighted by atomic mass is 16.5. The molecular weight excluding hydrogens is 372 g/mol. The molecular formula is C23H38O6. The van der Waals surface area contributed by atoms with Crippen molar-refractivity contribution in [3.63, 3.8) is 0 Å². The first-order valence-corrected chi connectivity index (χ1v) is 10.9. The molecule has 0 amide bonds. The molecule has 1 aliphatic rings. The molecule has 0 aromatic rings. The summed E-state index contributed by atoms with van der Waals surface area (Å²) in [5.41, 5.74) is 0. The Morgan fingerprint density at radius 1 is 1.28 bits per heavy atom. The van der Waals surface area contributed by atoms with E-state index in [9.17, 15) is 14.7 Å². The average molecular weight is 411 g/mol. The van der Waals surface area contributed by atoms with Gasteiger partial charge in [0.05, 0.1) is 32.5 Å². The van der Waals surface area contributed by atoms with Crippen LogP contribution in [-0.2, 0) is 19.1 Å². The second-order valence-corrected chi connectivity index (χ2v) is 7.61. The number of esters is 1. The van der Waals surface area contributed by atoms with Crippen LogP contribution >= 0.6 is 0 Å². The van der Waals surface area contributed by atoms with Crippen molar-refractivity contribution < 1.29 is 29.3 Å². The summed E-state index contributed by atoms with van der Waals surface area (Å²) in [5.74, 6) is -0.345. The minimum absolute atomic E-state index is 0.0778. The smallest absolute Gasteiger partial charge is 0.305 e. The van der Waals surface area contributed by atoms with Crippen molar-refractivity contribution in [2.45, 2.75) is 76.9 Å². The number of hydrogen-bond donors (Lipinski definition) is 2. The van der Waals surface area contributed by atoms with Crippen molar-refractivity contribution in [2.24, 2.45) is 11.8 Å². The van der Waals surface area contributed by atoms with E-state index in [4.69, 9.17) is 9.84 Å². The number of ketones is 1. The molecule has 6 heteroatoms. The van der Waals surface area contributed by atoms with Crippen molar-refractivity contribution in [1.29, 1.82) is 0 Å². The molecule has 0 radical (unpaired) electrons. The lowest BCUT2D eigenvalue weighted by Gasteiger charge is -2.20. The zero-order chi connectivity index (χ0) is 21.5. The Labute approximate surface area is 175 Å². The predicted molar refractivity (Wildman–Crippen MR) is 112 cm³/mol. The number of methoxy groups -OCH3 is 1. The summed E-state index contributed by atoms with van der Waals surface area (Å²) in [6, 6.07) is 0. The summed E-state index contributed by atoms with van der Waals surface area (Å²) in [7, 11) is 1.38. The number of carbonyl (C=O) groups is 2. The second kappa shape index (κ2) is 15.4. The molecule has 29 heavy (non-hydrogen) atoms. The number of rotatable bonds is 15. The average Bonchev–Trinajstić information content (AvgIpc) is 3.01. The van der Waals surface area contributed by atoms with E-state index in [1.54, 1.807) is 6.08 Å². The highest BCUT2D eigenvalue weighted by molar-refractivity contribution is 5.85. The summed E-state index contributed by atoms with van der Waals surface area (Å²) in [6.07, 6.45) is 13.7. The number of unbranched alkanes of at least 4 members (excludes halogenated alkanes) is 3. The maximum atomic E-state index is 12.5. The maximum Gasteiger partial charge on any atom is 0.305 e. The molecule has 0 spiro atoms. The van der Waals surface area contributed by atoms with Crippen LogP contribution in [0.2, 0.25) is 0 Å². The van der Waals surface area contributed by atoms with Crippen molar-refractivity contribution in [1.82, 2.24) is 0 Å². The molecule has 6 nitrogen and oxygen atoms in total. The van der Waals surface area contributed by atoms with Crippen molar-refractivity contribution in [3.8, 4) is 0 Å². The van der Waals surface area contributed by atoms with Crippen LogP contribution in [0.1, 0.15) is 64.7 Å². The summed E-state index contributed by atoms with van der Waals surface area (Å²) in [4.78, 5) is 23.6. The minimum atomic E-state index is -0.509. The van der Waals surface area contributed by atoms with Crippen LogP contribution in [0, 0.1) is 11.8 Å². The van der Waals surface area contributed by atoms with Crippen LogP contribution in [0.3, 0.4) is 0 Å². The van der Waals surface area contributed by atoms with Gasteiger partial charge in [0.25, 0.3) is 0 Å². The number of carbonyl (C=O) groups excluding carboxylic acids is 2. The van der Waals surface area contributed by atoms with Gasteiger partial charge in [0, 0.05) is 24.7 Å². The molecule has 0 saturated heterocycles. The number of ether oxygens (including phenoxy) is 2. The SMILES string of the molecule is CCCCC[C@H](O)/C=C/[C@H]1[C@H](OCCO)CC(=O)[C@@H]1C/C=C\CCCC(=O)OC. The molecule has 0 bridgehead atoms. The molecule has 0 aliphatic heterocycles. The Kier molecular flexibility index (Phi) is 13.5. The third-order valence-corrected chi connectivity index (χ3v) is 5.33. The first-order chi connectivity index (χ1) is 14.0. The van der Waals surface area contributed by atoms with Crippen molar-refractivity contribution in [3.05, 3.63) is 24.3 Å². The van der Waals surface area contributed by atoms with E-state index in [-0.39, 0.29) is 42.9 Å². The summed E-state index contributed by atoms with van der Waals surface area (Å²) in [6.45, 7) is 2.26. The fourth-order valence-electron chi connectivity index (χ4n) is 3.66. The third-order valence-electron chi connectivity index (χ3n) is 5.33. The molecule has 4 atom stereocenters. The van der Waals surface area contributed by atoms with E-state index in [1.165, 1.54) is 7.11 Å². The Morgan fingerprint density at radius 2 is 2.07 bits per heavy atom. The summed E-state index contributed by atoms with van der Waals surface area (Å²) < 4.78 is 10.3. The summed E-state index contributed by atoms with van der Waals surface area (Å²) in [5, 5.41) is 19.2. The van der Waals surface area contributed by atoms with Gasteiger partial charge in [0.2, 0.25) is 0 Å². The van der Waals surface area contributed by atoms with E-state index in [2.05, 4.69) is 11.7 Å². The maximum absolute atomic E-state index is 12.5. The van der Waals surface area contributed by atoms with E-state index in [0.717, 1.165) is 38.5 Å². The summed E-state index contributed by atoms with van der Waals surface area (Å²) >= 11 is 0. The lowest BCUT2D eigenvalue weighted by molar-refractivity contribution is -0.140. The van der Waals surface area contributed by atoms with Gasteiger partial charge >= 0.3 is 5.97 Å². The zero-order valence-corrected chi connectivity index (χ0v) is 17.9. The van der Waals surface area contributed by atoms with E-state index in [1.807, 2.05) is 18.2 Å². The van der Waals surface area contributed by atoms with Crippen molar-refractivity contribution in [2.75, 3.05) is 20.3 Å². The van der Waals surface area contributed by atoms with E-state index >= 15 is 0 Å². The van der Waals surface area contributed by atoms with E-state index in [0.29, 0.717) is 19.3 Å². The highest BCUT2D eigenvalue weighted by Crippen LogP contribution is 2.35. The third kappa shape index (κ3) is 10.2. The second-order valence-electron chi connectivity index (χ2n) is 7.61. The Hall–Kier alpha value is -1.50. The molecule has 1 rings (SSSR count). The van der Waals surface area contributed by atoms with Crippen LogP contribution in [0.4, 0.5) is 0 Å². The molecule has 0 heterocycles. The highest BCUT2D eigenvalue weighted by Gasteiger charge is 2.40. The van der Waals surface area contributed by atoms with Gasteiger partial charge in [0.15, 0.2) is 0 Å². The van der Waals surface area contributed by atoms with Crippen LogP contribution < -0.4 is 0 Å². The van der Waals surface area contributed by atoms with Crippen LogP contribution in [0.15, 0.2) is 24.3 Å². The van der Waals surface area contributed by atoms with Gasteiger partial charge in [-0.1, -0.05) is 50.5 Å². The Morgan fingerprint density at radius 3 is 2.76 bits per heavy atom. The lowest BCUT2D eigenvalue weighted by atomic mass is 9.90. The van der Waals surface area contributed by atoms with Crippen LogP contribution in [-0.4, -0.2) is 54.5 Å². The molecule has 1 aliphatic carbocycles. The normalized spacial score (nSPS) is 23.3.